The summed E-state index contributed by atoms with van der Waals surface area (Å²) in [4.78, 5) is 19.0. The lowest BCUT2D eigenvalue weighted by molar-refractivity contribution is 0.0762. The first kappa shape index (κ1) is 16.6. The van der Waals surface area contributed by atoms with E-state index in [0.717, 1.165) is 17.6 Å². The van der Waals surface area contributed by atoms with Crippen LogP contribution in [0.4, 0.5) is 0 Å². The van der Waals surface area contributed by atoms with Gasteiger partial charge in [0, 0.05) is 36.6 Å². The van der Waals surface area contributed by atoms with Gasteiger partial charge in [0.05, 0.1) is 6.54 Å². The second kappa shape index (κ2) is 6.88. The molecular formula is C22H19N3O3. The Morgan fingerprint density at radius 1 is 1.04 bits per heavy atom. The molecule has 0 bridgehead atoms. The van der Waals surface area contributed by atoms with E-state index in [1.165, 1.54) is 0 Å². The molecule has 0 unspecified atom stereocenters. The number of ether oxygens (including phenoxy) is 1. The van der Waals surface area contributed by atoms with Crippen molar-refractivity contribution in [3.8, 4) is 11.8 Å². The van der Waals surface area contributed by atoms with E-state index in [0.29, 0.717) is 24.2 Å². The quantitative estimate of drug-likeness (QED) is 0.544. The van der Waals surface area contributed by atoms with Crippen molar-refractivity contribution in [1.29, 1.82) is 0 Å². The number of oxazole rings is 1. The molecule has 1 atom stereocenters. The Hall–Kier alpha value is -3.54. The molecule has 2 aromatic heterocycles. The van der Waals surface area contributed by atoms with Crippen LogP contribution in [0.15, 0.2) is 77.5 Å². The summed E-state index contributed by atoms with van der Waals surface area (Å²) in [5, 5.41) is 0. The largest absolute Gasteiger partial charge is 0.445 e. The van der Waals surface area contributed by atoms with Crippen molar-refractivity contribution >= 4 is 17.0 Å². The standard InChI is InChI=1S/C22H19N3O3/c26-21(16-7-9-17(10-8-16)24-12-3-4-13-24)25-14-11-18(15-25)27-22-23-19-5-1-2-6-20(19)28-22/h1-10,12-13,18H,11,14-15H2/t18-/m1/s1. The van der Waals surface area contributed by atoms with Crippen LogP contribution in [0.25, 0.3) is 16.8 Å². The first-order chi connectivity index (χ1) is 13.8. The first-order valence-electron chi connectivity index (χ1n) is 9.31. The SMILES string of the molecule is O=C(c1ccc(-n2cccc2)cc1)N1CC[C@@H](Oc2nc3ccccc3o2)C1. The molecule has 0 spiro atoms. The first-order valence-corrected chi connectivity index (χ1v) is 9.31. The van der Waals surface area contributed by atoms with Crippen LogP contribution in [0.3, 0.4) is 0 Å². The molecular weight excluding hydrogens is 354 g/mol. The van der Waals surface area contributed by atoms with E-state index in [-0.39, 0.29) is 18.1 Å². The van der Waals surface area contributed by atoms with E-state index >= 15 is 0 Å². The number of para-hydroxylation sites is 2. The number of likely N-dealkylation sites (tertiary alicyclic amines) is 1. The third-order valence-corrected chi connectivity index (χ3v) is 4.99. The van der Waals surface area contributed by atoms with Gasteiger partial charge < -0.3 is 18.6 Å². The molecule has 0 saturated carbocycles. The predicted octanol–water partition coefficient (Wildman–Crippen LogP) is 3.91. The molecule has 1 aliphatic rings. The molecule has 1 amide bonds. The number of hydrogen-bond donors (Lipinski definition) is 0. The van der Waals surface area contributed by atoms with Crippen LogP contribution in [0.2, 0.25) is 0 Å². The zero-order valence-corrected chi connectivity index (χ0v) is 15.2. The lowest BCUT2D eigenvalue weighted by Crippen LogP contribution is -2.30. The molecule has 140 valence electrons. The van der Waals surface area contributed by atoms with Crippen molar-refractivity contribution in [3.05, 3.63) is 78.6 Å². The predicted molar refractivity (Wildman–Crippen MR) is 105 cm³/mol. The monoisotopic (exact) mass is 373 g/mol. The Labute approximate surface area is 162 Å². The Kier molecular flexibility index (Phi) is 4.09. The lowest BCUT2D eigenvalue weighted by Gasteiger charge is -2.16. The molecule has 0 radical (unpaired) electrons. The van der Waals surface area contributed by atoms with Crippen molar-refractivity contribution in [2.24, 2.45) is 0 Å². The van der Waals surface area contributed by atoms with Crippen molar-refractivity contribution in [1.82, 2.24) is 14.5 Å². The molecule has 0 aliphatic carbocycles. The van der Waals surface area contributed by atoms with Gasteiger partial charge in [0.25, 0.3) is 5.91 Å². The van der Waals surface area contributed by atoms with E-state index in [2.05, 4.69) is 4.98 Å². The van der Waals surface area contributed by atoms with Gasteiger partial charge in [-0.05, 0) is 48.5 Å². The number of amides is 1. The summed E-state index contributed by atoms with van der Waals surface area (Å²) in [6.07, 6.45) is 4.86. The van der Waals surface area contributed by atoms with E-state index < -0.39 is 0 Å². The van der Waals surface area contributed by atoms with Crippen molar-refractivity contribution < 1.29 is 13.9 Å². The number of carbonyl (C=O) groups is 1. The van der Waals surface area contributed by atoms with Gasteiger partial charge in [-0.3, -0.25) is 4.79 Å². The molecule has 2 aromatic carbocycles. The van der Waals surface area contributed by atoms with Gasteiger partial charge in [0.15, 0.2) is 5.58 Å². The number of rotatable bonds is 4. The average molecular weight is 373 g/mol. The highest BCUT2D eigenvalue weighted by Crippen LogP contribution is 2.24. The fourth-order valence-electron chi connectivity index (χ4n) is 3.52. The van der Waals surface area contributed by atoms with Gasteiger partial charge in [0.2, 0.25) is 0 Å². The number of benzene rings is 2. The molecule has 1 fully saturated rings. The maximum absolute atomic E-state index is 12.8. The summed E-state index contributed by atoms with van der Waals surface area (Å²) in [5.41, 5.74) is 3.18. The van der Waals surface area contributed by atoms with E-state index in [1.807, 2.05) is 82.5 Å². The summed E-state index contributed by atoms with van der Waals surface area (Å²) in [6.45, 7) is 1.18. The third-order valence-electron chi connectivity index (χ3n) is 4.99. The molecule has 5 rings (SSSR count). The Morgan fingerprint density at radius 2 is 1.82 bits per heavy atom. The van der Waals surface area contributed by atoms with Crippen molar-refractivity contribution in [2.45, 2.75) is 12.5 Å². The number of fused-ring (bicyclic) bond motifs is 1. The summed E-state index contributed by atoms with van der Waals surface area (Å²) in [7, 11) is 0. The van der Waals surface area contributed by atoms with Crippen LogP contribution in [0.5, 0.6) is 6.08 Å². The maximum atomic E-state index is 12.8. The Morgan fingerprint density at radius 3 is 2.61 bits per heavy atom. The second-order valence-electron chi connectivity index (χ2n) is 6.86. The summed E-state index contributed by atoms with van der Waals surface area (Å²) >= 11 is 0. The van der Waals surface area contributed by atoms with Crippen LogP contribution < -0.4 is 4.74 Å². The second-order valence-corrected chi connectivity index (χ2v) is 6.86. The minimum Gasteiger partial charge on any atom is -0.445 e. The molecule has 28 heavy (non-hydrogen) atoms. The van der Waals surface area contributed by atoms with Crippen molar-refractivity contribution in [3.63, 3.8) is 0 Å². The summed E-state index contributed by atoms with van der Waals surface area (Å²) in [6, 6.07) is 19.1. The van der Waals surface area contributed by atoms with E-state index in [1.54, 1.807) is 0 Å². The molecule has 1 saturated heterocycles. The Bertz CT molecular complexity index is 1070. The Balaban J connectivity index is 1.24. The number of aromatic nitrogens is 2. The topological polar surface area (TPSA) is 60.5 Å². The van der Waals surface area contributed by atoms with E-state index in [4.69, 9.17) is 9.15 Å². The minimum atomic E-state index is -0.115. The lowest BCUT2D eigenvalue weighted by atomic mass is 10.2. The van der Waals surface area contributed by atoms with Gasteiger partial charge in [0.1, 0.15) is 11.6 Å². The van der Waals surface area contributed by atoms with Crippen LogP contribution >= 0.6 is 0 Å². The highest BCUT2D eigenvalue weighted by molar-refractivity contribution is 5.94. The van der Waals surface area contributed by atoms with Gasteiger partial charge in [-0.1, -0.05) is 12.1 Å². The number of carbonyl (C=O) groups excluding carboxylic acids is 1. The van der Waals surface area contributed by atoms with Gasteiger partial charge in [-0.25, -0.2) is 0 Å². The highest BCUT2D eigenvalue weighted by Gasteiger charge is 2.29. The molecule has 1 aliphatic heterocycles. The fourth-order valence-corrected chi connectivity index (χ4v) is 3.52. The van der Waals surface area contributed by atoms with Gasteiger partial charge in [-0.2, -0.15) is 4.98 Å². The van der Waals surface area contributed by atoms with Crippen molar-refractivity contribution in [2.75, 3.05) is 13.1 Å². The average Bonchev–Trinajstić information content (AvgIpc) is 3.48. The summed E-state index contributed by atoms with van der Waals surface area (Å²) < 4.78 is 13.5. The van der Waals surface area contributed by atoms with Crippen LogP contribution in [-0.2, 0) is 0 Å². The van der Waals surface area contributed by atoms with Gasteiger partial charge >= 0.3 is 6.08 Å². The maximum Gasteiger partial charge on any atom is 0.394 e. The minimum absolute atomic E-state index is 0.0164. The molecule has 6 heteroatoms. The smallest absolute Gasteiger partial charge is 0.394 e. The fraction of sp³-hybridized carbons (Fsp3) is 0.182. The highest BCUT2D eigenvalue weighted by atomic mass is 16.6. The number of hydrogen-bond acceptors (Lipinski definition) is 4. The zero-order valence-electron chi connectivity index (χ0n) is 15.2. The molecule has 6 nitrogen and oxygen atoms in total. The zero-order chi connectivity index (χ0) is 18.9. The van der Waals surface area contributed by atoms with Crippen LogP contribution in [-0.4, -0.2) is 39.6 Å². The van der Waals surface area contributed by atoms with Crippen LogP contribution in [0, 0.1) is 0 Å². The van der Waals surface area contributed by atoms with Crippen LogP contribution in [0.1, 0.15) is 16.8 Å². The van der Waals surface area contributed by atoms with E-state index in [9.17, 15) is 4.79 Å². The molecule has 4 aromatic rings. The normalized spacial score (nSPS) is 16.6. The van der Waals surface area contributed by atoms with Gasteiger partial charge in [-0.15, -0.1) is 0 Å². The third kappa shape index (κ3) is 3.13. The molecule has 0 N–H and O–H groups in total. The summed E-state index contributed by atoms with van der Waals surface area (Å²) in [5.74, 6) is 0.0164. The molecule has 3 heterocycles. The number of nitrogens with zero attached hydrogens (tertiary/aromatic N) is 3.